The van der Waals surface area contributed by atoms with Crippen LogP contribution in [0.4, 0.5) is 5.82 Å². The van der Waals surface area contributed by atoms with Crippen molar-refractivity contribution in [2.24, 2.45) is 0 Å². The highest BCUT2D eigenvalue weighted by Gasteiger charge is 2.07. The van der Waals surface area contributed by atoms with Crippen molar-refractivity contribution in [1.82, 2.24) is 9.97 Å². The Morgan fingerprint density at radius 3 is 2.84 bits per heavy atom. The molecule has 0 atom stereocenters. The summed E-state index contributed by atoms with van der Waals surface area (Å²) in [6.07, 6.45) is 1.49. The highest BCUT2D eigenvalue weighted by Crippen LogP contribution is 2.21. The molecule has 5 nitrogen and oxygen atoms in total. The molecule has 0 aliphatic carbocycles. The van der Waals surface area contributed by atoms with Crippen LogP contribution in [0.25, 0.3) is 0 Å². The predicted molar refractivity (Wildman–Crippen MR) is 73.6 cm³/mol. The van der Waals surface area contributed by atoms with E-state index in [4.69, 9.17) is 9.47 Å². The number of ether oxygens (including phenoxy) is 2. The van der Waals surface area contributed by atoms with Gasteiger partial charge in [0.1, 0.15) is 24.5 Å². The van der Waals surface area contributed by atoms with E-state index in [0.29, 0.717) is 12.5 Å². The fourth-order valence-corrected chi connectivity index (χ4v) is 1.75. The van der Waals surface area contributed by atoms with Crippen molar-refractivity contribution in [2.45, 2.75) is 13.5 Å². The van der Waals surface area contributed by atoms with Crippen LogP contribution in [0, 0.1) is 6.92 Å². The third kappa shape index (κ3) is 3.13. The Morgan fingerprint density at radius 1 is 1.26 bits per heavy atom. The Labute approximate surface area is 112 Å². The van der Waals surface area contributed by atoms with Gasteiger partial charge in [-0.25, -0.2) is 9.97 Å². The summed E-state index contributed by atoms with van der Waals surface area (Å²) in [6, 6.07) is 7.76. The molecular formula is C14H17N3O2. The third-order valence-corrected chi connectivity index (χ3v) is 2.78. The van der Waals surface area contributed by atoms with Gasteiger partial charge in [-0.1, -0.05) is 12.1 Å². The molecule has 5 heteroatoms. The predicted octanol–water partition coefficient (Wildman–Crippen LogP) is 2.41. The Balaban J connectivity index is 2.10. The fourth-order valence-electron chi connectivity index (χ4n) is 1.75. The second-order valence-electron chi connectivity index (χ2n) is 4.04. The maximum absolute atomic E-state index is 5.72. The summed E-state index contributed by atoms with van der Waals surface area (Å²) in [5.74, 6) is 2.18. The van der Waals surface area contributed by atoms with Crippen molar-refractivity contribution in [3.05, 3.63) is 41.7 Å². The van der Waals surface area contributed by atoms with E-state index in [1.807, 2.05) is 38.2 Å². The summed E-state index contributed by atoms with van der Waals surface area (Å²) < 4.78 is 10.9. The second kappa shape index (κ2) is 6.04. The average Bonchev–Trinajstić information content (AvgIpc) is 2.46. The minimum absolute atomic E-state index is 0.443. The lowest BCUT2D eigenvalue weighted by molar-refractivity contribution is 0.290. The zero-order valence-electron chi connectivity index (χ0n) is 11.3. The topological polar surface area (TPSA) is 56.3 Å². The first-order chi connectivity index (χ1) is 9.24. The van der Waals surface area contributed by atoms with Crippen molar-refractivity contribution in [2.75, 3.05) is 19.5 Å². The molecule has 1 N–H and O–H groups in total. The molecule has 1 aromatic heterocycles. The molecule has 1 heterocycles. The van der Waals surface area contributed by atoms with Gasteiger partial charge >= 0.3 is 0 Å². The zero-order valence-corrected chi connectivity index (χ0v) is 11.3. The zero-order chi connectivity index (χ0) is 13.7. The van der Waals surface area contributed by atoms with Gasteiger partial charge in [-0.15, -0.1) is 0 Å². The lowest BCUT2D eigenvalue weighted by Gasteiger charge is -2.10. The van der Waals surface area contributed by atoms with Gasteiger partial charge in [0.25, 0.3) is 0 Å². The summed E-state index contributed by atoms with van der Waals surface area (Å²) in [5.41, 5.74) is 1.93. The summed E-state index contributed by atoms with van der Waals surface area (Å²) in [5, 5.41) is 3.00. The monoisotopic (exact) mass is 259 g/mol. The van der Waals surface area contributed by atoms with E-state index in [1.54, 1.807) is 7.11 Å². The van der Waals surface area contributed by atoms with Crippen molar-refractivity contribution in [3.63, 3.8) is 0 Å². The average molecular weight is 259 g/mol. The minimum Gasteiger partial charge on any atom is -0.497 e. The second-order valence-corrected chi connectivity index (χ2v) is 4.04. The molecule has 0 spiro atoms. The number of hydrogen-bond acceptors (Lipinski definition) is 5. The van der Waals surface area contributed by atoms with Crippen LogP contribution in [0.3, 0.4) is 0 Å². The Morgan fingerprint density at radius 2 is 2.11 bits per heavy atom. The number of rotatable bonds is 5. The van der Waals surface area contributed by atoms with E-state index in [-0.39, 0.29) is 0 Å². The highest BCUT2D eigenvalue weighted by atomic mass is 16.5. The largest absolute Gasteiger partial charge is 0.497 e. The number of benzene rings is 1. The molecule has 0 bridgehead atoms. The van der Waals surface area contributed by atoms with Crippen LogP contribution in [0.2, 0.25) is 0 Å². The molecule has 0 fully saturated rings. The number of hydrogen-bond donors (Lipinski definition) is 1. The molecule has 2 rings (SSSR count). The van der Waals surface area contributed by atoms with Crippen molar-refractivity contribution in [3.8, 4) is 11.6 Å². The van der Waals surface area contributed by atoms with Crippen molar-refractivity contribution in [1.29, 1.82) is 0 Å². The Bertz CT molecular complexity index is 558. The van der Waals surface area contributed by atoms with E-state index in [0.717, 1.165) is 22.7 Å². The molecule has 1 aromatic carbocycles. The molecule has 100 valence electrons. The normalized spacial score (nSPS) is 10.1. The van der Waals surface area contributed by atoms with Crippen LogP contribution in [-0.2, 0) is 6.61 Å². The quantitative estimate of drug-likeness (QED) is 0.893. The number of anilines is 1. The Hall–Kier alpha value is -2.30. The summed E-state index contributed by atoms with van der Waals surface area (Å²) in [6.45, 7) is 2.37. The van der Waals surface area contributed by atoms with Crippen LogP contribution in [0.5, 0.6) is 11.6 Å². The number of methoxy groups -OCH3 is 1. The molecule has 0 unspecified atom stereocenters. The van der Waals surface area contributed by atoms with Crippen LogP contribution in [-0.4, -0.2) is 24.1 Å². The first-order valence-electron chi connectivity index (χ1n) is 5.99. The van der Waals surface area contributed by atoms with Crippen LogP contribution >= 0.6 is 0 Å². The molecule has 19 heavy (non-hydrogen) atoms. The number of aromatic nitrogens is 2. The first-order valence-corrected chi connectivity index (χ1v) is 5.99. The van der Waals surface area contributed by atoms with Crippen LogP contribution in [0.1, 0.15) is 11.1 Å². The molecule has 2 aromatic rings. The maximum atomic E-state index is 5.72. The summed E-state index contributed by atoms with van der Waals surface area (Å²) in [7, 11) is 3.47. The molecule has 0 radical (unpaired) electrons. The smallest absolute Gasteiger partial charge is 0.221 e. The van der Waals surface area contributed by atoms with Gasteiger partial charge in [-0.2, -0.15) is 0 Å². The van der Waals surface area contributed by atoms with Crippen LogP contribution in [0.15, 0.2) is 30.6 Å². The molecule has 0 saturated carbocycles. The minimum atomic E-state index is 0.443. The lowest BCUT2D eigenvalue weighted by atomic mass is 10.2. The van der Waals surface area contributed by atoms with Gasteiger partial charge in [0.05, 0.1) is 12.7 Å². The lowest BCUT2D eigenvalue weighted by Crippen LogP contribution is -2.03. The highest BCUT2D eigenvalue weighted by molar-refractivity contribution is 5.46. The van der Waals surface area contributed by atoms with Gasteiger partial charge in [-0.05, 0) is 24.6 Å². The van der Waals surface area contributed by atoms with Gasteiger partial charge < -0.3 is 14.8 Å². The van der Waals surface area contributed by atoms with Crippen LogP contribution < -0.4 is 14.8 Å². The Kier molecular flexibility index (Phi) is 4.18. The SMILES string of the molecule is CNc1ncnc(OCc2cccc(OC)c2)c1C. The summed E-state index contributed by atoms with van der Waals surface area (Å²) in [4.78, 5) is 8.26. The van der Waals surface area contributed by atoms with Crippen molar-refractivity contribution < 1.29 is 9.47 Å². The van der Waals surface area contributed by atoms with Crippen molar-refractivity contribution >= 4 is 5.82 Å². The van der Waals surface area contributed by atoms with E-state index >= 15 is 0 Å². The molecule has 0 amide bonds. The molecule has 0 saturated heterocycles. The molecular weight excluding hydrogens is 242 g/mol. The van der Waals surface area contributed by atoms with Gasteiger partial charge in [-0.3, -0.25) is 0 Å². The maximum Gasteiger partial charge on any atom is 0.221 e. The molecule has 0 aliphatic rings. The summed E-state index contributed by atoms with van der Waals surface area (Å²) >= 11 is 0. The third-order valence-electron chi connectivity index (χ3n) is 2.78. The van der Waals surface area contributed by atoms with E-state index < -0.39 is 0 Å². The number of nitrogens with one attached hydrogen (secondary N) is 1. The number of nitrogens with zero attached hydrogens (tertiary/aromatic N) is 2. The van der Waals surface area contributed by atoms with Gasteiger partial charge in [0, 0.05) is 7.05 Å². The standard InChI is InChI=1S/C14H17N3O2/c1-10-13(15-2)16-9-17-14(10)19-8-11-5-4-6-12(7-11)18-3/h4-7,9H,8H2,1-3H3,(H,15,16,17). The first kappa shape index (κ1) is 13.1. The van der Waals surface area contributed by atoms with E-state index in [1.165, 1.54) is 6.33 Å². The van der Waals surface area contributed by atoms with E-state index in [2.05, 4.69) is 15.3 Å². The van der Waals surface area contributed by atoms with Gasteiger partial charge in [0.15, 0.2) is 0 Å². The fraction of sp³-hybridized carbons (Fsp3) is 0.286. The van der Waals surface area contributed by atoms with E-state index in [9.17, 15) is 0 Å². The van der Waals surface area contributed by atoms with Gasteiger partial charge in [0.2, 0.25) is 5.88 Å². The molecule has 0 aliphatic heterocycles.